The molecule has 0 aliphatic carbocycles. The first-order valence-electron chi connectivity index (χ1n) is 6.09. The van der Waals surface area contributed by atoms with E-state index in [4.69, 9.17) is 0 Å². The Morgan fingerprint density at radius 3 is 2.73 bits per heavy atom. The van der Waals surface area contributed by atoms with Crippen LogP contribution in [0.3, 0.4) is 0 Å². The summed E-state index contributed by atoms with van der Waals surface area (Å²) in [6, 6.07) is 11.6. The molecule has 0 amide bonds. The van der Waals surface area contributed by atoms with Crippen molar-refractivity contribution >= 4 is 0 Å². The number of quaternary nitrogens is 2. The molecule has 1 unspecified atom stereocenters. The highest BCUT2D eigenvalue weighted by Crippen LogP contribution is 2.07. The standard InChI is InChI=1S/C13H20N2/c1-12(13-6-3-2-4-7-13)15-10-5-8-14-9-11-15/h2-4,6-7,12,14H,5,8-11H2,1H3/p+2/t12-/m0/s1. The van der Waals surface area contributed by atoms with E-state index < -0.39 is 0 Å². The Bertz CT molecular complexity index is 276. The topological polar surface area (TPSA) is 21.1 Å². The fourth-order valence-electron chi connectivity index (χ4n) is 2.44. The van der Waals surface area contributed by atoms with Crippen molar-refractivity contribution in [2.24, 2.45) is 0 Å². The van der Waals surface area contributed by atoms with E-state index >= 15 is 0 Å². The van der Waals surface area contributed by atoms with Gasteiger partial charge in [-0.2, -0.15) is 0 Å². The number of nitrogens with two attached hydrogens (primary N) is 1. The average molecular weight is 206 g/mol. The Kier molecular flexibility index (Phi) is 3.75. The Hall–Kier alpha value is -0.860. The summed E-state index contributed by atoms with van der Waals surface area (Å²) in [6.45, 7) is 7.58. The first kappa shape index (κ1) is 10.7. The Balaban J connectivity index is 2.03. The van der Waals surface area contributed by atoms with Crippen molar-refractivity contribution in [1.29, 1.82) is 0 Å². The van der Waals surface area contributed by atoms with Gasteiger partial charge in [0.15, 0.2) is 0 Å². The molecule has 0 radical (unpaired) electrons. The molecule has 15 heavy (non-hydrogen) atoms. The lowest BCUT2D eigenvalue weighted by Gasteiger charge is -2.23. The van der Waals surface area contributed by atoms with Gasteiger partial charge in [0.05, 0.1) is 13.1 Å². The highest BCUT2D eigenvalue weighted by molar-refractivity contribution is 5.16. The number of benzene rings is 1. The second-order valence-electron chi connectivity index (χ2n) is 4.51. The maximum Gasteiger partial charge on any atom is 0.127 e. The second-order valence-corrected chi connectivity index (χ2v) is 4.51. The zero-order valence-corrected chi connectivity index (χ0v) is 9.58. The molecule has 1 aromatic rings. The van der Waals surface area contributed by atoms with Gasteiger partial charge in [-0.15, -0.1) is 0 Å². The first-order valence-corrected chi connectivity index (χ1v) is 6.09. The molecule has 1 aromatic carbocycles. The Morgan fingerprint density at radius 1 is 1.13 bits per heavy atom. The van der Waals surface area contributed by atoms with Crippen LogP contribution in [0.2, 0.25) is 0 Å². The lowest BCUT2D eigenvalue weighted by Crippen LogP contribution is -3.13. The molecular weight excluding hydrogens is 184 g/mol. The van der Waals surface area contributed by atoms with E-state index in [1.54, 1.807) is 4.90 Å². The molecule has 1 fully saturated rings. The van der Waals surface area contributed by atoms with Crippen LogP contribution in [0.15, 0.2) is 30.3 Å². The number of hydrogen-bond acceptors (Lipinski definition) is 0. The molecule has 1 saturated heterocycles. The van der Waals surface area contributed by atoms with Crippen molar-refractivity contribution in [1.82, 2.24) is 0 Å². The summed E-state index contributed by atoms with van der Waals surface area (Å²) < 4.78 is 0. The predicted molar refractivity (Wildman–Crippen MR) is 61.8 cm³/mol. The third kappa shape index (κ3) is 2.80. The van der Waals surface area contributed by atoms with Crippen molar-refractivity contribution in [3.05, 3.63) is 35.9 Å². The molecule has 2 rings (SSSR count). The van der Waals surface area contributed by atoms with Crippen LogP contribution < -0.4 is 10.2 Å². The van der Waals surface area contributed by atoms with Crippen LogP contribution in [0.25, 0.3) is 0 Å². The molecule has 1 heterocycles. The van der Waals surface area contributed by atoms with Gasteiger partial charge >= 0.3 is 0 Å². The average Bonchev–Trinajstić information content (AvgIpc) is 2.58. The summed E-state index contributed by atoms with van der Waals surface area (Å²) >= 11 is 0. The lowest BCUT2D eigenvalue weighted by molar-refractivity contribution is -0.933. The van der Waals surface area contributed by atoms with Crippen LogP contribution in [0.5, 0.6) is 0 Å². The zero-order valence-electron chi connectivity index (χ0n) is 9.58. The van der Waals surface area contributed by atoms with Gasteiger partial charge in [0, 0.05) is 12.0 Å². The number of hydrogen-bond donors (Lipinski definition) is 2. The van der Waals surface area contributed by atoms with E-state index in [9.17, 15) is 0 Å². The zero-order chi connectivity index (χ0) is 10.5. The molecule has 0 bridgehead atoms. The summed E-state index contributed by atoms with van der Waals surface area (Å²) in [6.07, 6.45) is 1.35. The van der Waals surface area contributed by atoms with Gasteiger partial charge in [-0.25, -0.2) is 0 Å². The molecule has 82 valence electrons. The smallest absolute Gasteiger partial charge is 0.127 e. The highest BCUT2D eigenvalue weighted by atomic mass is 15.2. The maximum absolute atomic E-state index is 2.45. The van der Waals surface area contributed by atoms with Crippen LogP contribution in [0.4, 0.5) is 0 Å². The van der Waals surface area contributed by atoms with E-state index in [2.05, 4.69) is 42.6 Å². The maximum atomic E-state index is 2.45. The SMILES string of the molecule is C[C@@H](c1ccccc1)[NH+]1CCC[NH2+]CC1. The minimum absolute atomic E-state index is 0.651. The molecule has 1 aliphatic rings. The lowest BCUT2D eigenvalue weighted by atomic mass is 10.1. The molecule has 0 spiro atoms. The molecule has 0 saturated carbocycles. The molecule has 0 aromatic heterocycles. The van der Waals surface area contributed by atoms with Crippen molar-refractivity contribution in [3.63, 3.8) is 0 Å². The van der Waals surface area contributed by atoms with Crippen molar-refractivity contribution in [2.75, 3.05) is 26.2 Å². The highest BCUT2D eigenvalue weighted by Gasteiger charge is 2.21. The first-order chi connectivity index (χ1) is 7.38. The number of rotatable bonds is 2. The fourth-order valence-corrected chi connectivity index (χ4v) is 2.44. The molecule has 2 heteroatoms. The van der Waals surface area contributed by atoms with E-state index in [1.807, 2.05) is 0 Å². The van der Waals surface area contributed by atoms with Crippen LogP contribution in [-0.2, 0) is 0 Å². The van der Waals surface area contributed by atoms with Gasteiger partial charge < -0.3 is 10.2 Å². The van der Waals surface area contributed by atoms with E-state index in [1.165, 1.54) is 38.2 Å². The van der Waals surface area contributed by atoms with E-state index in [0.717, 1.165) is 0 Å². The van der Waals surface area contributed by atoms with Crippen LogP contribution in [0.1, 0.15) is 24.9 Å². The number of nitrogens with one attached hydrogen (secondary N) is 1. The van der Waals surface area contributed by atoms with E-state index in [0.29, 0.717) is 6.04 Å². The van der Waals surface area contributed by atoms with Gasteiger partial charge in [0.2, 0.25) is 0 Å². The Labute approximate surface area is 92.3 Å². The monoisotopic (exact) mass is 206 g/mol. The molecule has 2 nitrogen and oxygen atoms in total. The van der Waals surface area contributed by atoms with Crippen LogP contribution in [-0.4, -0.2) is 26.2 Å². The summed E-state index contributed by atoms with van der Waals surface area (Å²) in [5, 5.41) is 2.45. The summed E-state index contributed by atoms with van der Waals surface area (Å²) in [5.74, 6) is 0. The fraction of sp³-hybridized carbons (Fsp3) is 0.538. The van der Waals surface area contributed by atoms with Crippen LogP contribution >= 0.6 is 0 Å². The normalized spacial score (nSPS) is 24.5. The predicted octanol–water partition coefficient (Wildman–Crippen LogP) is -0.400. The summed E-state index contributed by atoms with van der Waals surface area (Å²) in [4.78, 5) is 1.75. The molecule has 3 N–H and O–H groups in total. The quantitative estimate of drug-likeness (QED) is 0.657. The van der Waals surface area contributed by atoms with Crippen LogP contribution in [0, 0.1) is 0 Å². The minimum Gasteiger partial charge on any atom is -0.341 e. The van der Waals surface area contributed by atoms with Gasteiger partial charge in [-0.1, -0.05) is 30.3 Å². The van der Waals surface area contributed by atoms with Gasteiger partial charge in [-0.3, -0.25) is 0 Å². The largest absolute Gasteiger partial charge is 0.341 e. The van der Waals surface area contributed by atoms with Gasteiger partial charge in [0.1, 0.15) is 19.1 Å². The Morgan fingerprint density at radius 2 is 1.93 bits per heavy atom. The van der Waals surface area contributed by atoms with Crippen molar-refractivity contribution in [3.8, 4) is 0 Å². The third-order valence-corrected chi connectivity index (χ3v) is 3.49. The van der Waals surface area contributed by atoms with Gasteiger partial charge in [0.25, 0.3) is 0 Å². The summed E-state index contributed by atoms with van der Waals surface area (Å²) in [5.41, 5.74) is 1.48. The van der Waals surface area contributed by atoms with Crippen molar-refractivity contribution < 1.29 is 10.2 Å². The molecule has 2 atom stereocenters. The minimum atomic E-state index is 0.651. The van der Waals surface area contributed by atoms with Gasteiger partial charge in [-0.05, 0) is 6.92 Å². The van der Waals surface area contributed by atoms with Crippen molar-refractivity contribution in [2.45, 2.75) is 19.4 Å². The molecular formula is C13H22N2+2. The molecule has 1 aliphatic heterocycles. The third-order valence-electron chi connectivity index (χ3n) is 3.49. The second kappa shape index (κ2) is 5.29. The van der Waals surface area contributed by atoms with E-state index in [-0.39, 0.29) is 0 Å². The summed E-state index contributed by atoms with van der Waals surface area (Å²) in [7, 11) is 0.